The average Bonchev–Trinajstić information content (AvgIpc) is 2.91. The van der Waals surface area contributed by atoms with Gasteiger partial charge in [-0.1, -0.05) is 19.1 Å². The highest BCUT2D eigenvalue weighted by Crippen LogP contribution is 2.39. The fourth-order valence-electron chi connectivity index (χ4n) is 3.10. The van der Waals surface area contributed by atoms with Crippen LogP contribution in [0.2, 0.25) is 0 Å². The topological polar surface area (TPSA) is 36.4 Å². The van der Waals surface area contributed by atoms with Gasteiger partial charge in [0.2, 0.25) is 0 Å². The van der Waals surface area contributed by atoms with Gasteiger partial charge in [0.1, 0.15) is 0 Å². The number of aryl methyl sites for hydroxylation is 1. The number of rotatable bonds is 2. The first-order chi connectivity index (χ1) is 8.88. The van der Waals surface area contributed by atoms with E-state index in [9.17, 15) is 0 Å². The molecule has 1 saturated heterocycles. The van der Waals surface area contributed by atoms with Crippen LogP contribution in [0.1, 0.15) is 43.2 Å². The minimum absolute atomic E-state index is 0.690. The Bertz CT molecular complexity index is 457. The molecular formula is C15H21N3. The number of hydrogen-bond donors (Lipinski definition) is 2. The zero-order valence-electron chi connectivity index (χ0n) is 11.0. The molecule has 0 saturated carbocycles. The fraction of sp³-hybridized carbons (Fsp3) is 0.533. The van der Waals surface area contributed by atoms with Crippen LogP contribution < -0.4 is 10.6 Å². The quantitative estimate of drug-likeness (QED) is 0.838. The second-order valence-electron chi connectivity index (χ2n) is 5.16. The maximum absolute atomic E-state index is 4.76. The fourth-order valence-corrected chi connectivity index (χ4v) is 3.10. The van der Waals surface area contributed by atoms with Gasteiger partial charge in [0, 0.05) is 13.1 Å². The molecular weight excluding hydrogens is 222 g/mol. The minimum Gasteiger partial charge on any atom is -0.354 e. The maximum Gasteiger partial charge on any atom is 0.196 e. The summed E-state index contributed by atoms with van der Waals surface area (Å²) in [5, 5.41) is 6.57. The molecule has 3 nitrogen and oxygen atoms in total. The Hall–Kier alpha value is -1.51. The summed E-state index contributed by atoms with van der Waals surface area (Å²) in [6.07, 6.45) is 5.06. The van der Waals surface area contributed by atoms with E-state index in [1.165, 1.54) is 36.8 Å². The number of guanidine groups is 1. The SMILES string of the molecule is CCC1CCCc2cccc(N=C3NCCN3)c21. The van der Waals surface area contributed by atoms with E-state index in [1.54, 1.807) is 0 Å². The van der Waals surface area contributed by atoms with E-state index in [0.29, 0.717) is 5.92 Å². The predicted octanol–water partition coefficient (Wildman–Crippen LogP) is 2.70. The molecule has 0 aromatic heterocycles. The van der Waals surface area contributed by atoms with Gasteiger partial charge < -0.3 is 10.6 Å². The molecule has 0 spiro atoms. The largest absolute Gasteiger partial charge is 0.354 e. The van der Waals surface area contributed by atoms with Gasteiger partial charge in [-0.15, -0.1) is 0 Å². The zero-order valence-corrected chi connectivity index (χ0v) is 11.0. The molecule has 1 aromatic carbocycles. The molecule has 1 unspecified atom stereocenters. The van der Waals surface area contributed by atoms with Crippen molar-refractivity contribution in [2.45, 2.75) is 38.5 Å². The lowest BCUT2D eigenvalue weighted by Gasteiger charge is -2.26. The number of nitrogens with one attached hydrogen (secondary N) is 2. The Balaban J connectivity index is 2.01. The molecule has 1 aliphatic carbocycles. The summed E-state index contributed by atoms with van der Waals surface area (Å²) in [5.74, 6) is 1.62. The Labute approximate surface area is 109 Å². The lowest BCUT2D eigenvalue weighted by atomic mass is 9.80. The molecule has 0 amide bonds. The highest BCUT2D eigenvalue weighted by Gasteiger charge is 2.22. The third-order valence-corrected chi connectivity index (χ3v) is 4.02. The number of aliphatic imine (C=N–C) groups is 1. The molecule has 96 valence electrons. The van der Waals surface area contributed by atoms with Gasteiger partial charge >= 0.3 is 0 Å². The second-order valence-corrected chi connectivity index (χ2v) is 5.16. The summed E-state index contributed by atoms with van der Waals surface area (Å²) in [6.45, 7) is 4.24. The van der Waals surface area contributed by atoms with Crippen LogP contribution in [-0.2, 0) is 6.42 Å². The van der Waals surface area contributed by atoms with Gasteiger partial charge in [0.25, 0.3) is 0 Å². The molecule has 3 heteroatoms. The highest BCUT2D eigenvalue weighted by atomic mass is 15.2. The number of fused-ring (bicyclic) bond motifs is 1. The Kier molecular flexibility index (Phi) is 3.22. The molecule has 1 heterocycles. The second kappa shape index (κ2) is 5.01. The third kappa shape index (κ3) is 2.09. The number of benzene rings is 1. The smallest absolute Gasteiger partial charge is 0.196 e. The van der Waals surface area contributed by atoms with E-state index in [1.807, 2.05) is 0 Å². The average molecular weight is 243 g/mol. The van der Waals surface area contributed by atoms with Crippen LogP contribution in [0.3, 0.4) is 0 Å². The zero-order chi connectivity index (χ0) is 12.4. The van der Waals surface area contributed by atoms with Crippen molar-refractivity contribution in [1.82, 2.24) is 10.6 Å². The lowest BCUT2D eigenvalue weighted by molar-refractivity contribution is 0.541. The van der Waals surface area contributed by atoms with Crippen LogP contribution in [-0.4, -0.2) is 19.0 Å². The van der Waals surface area contributed by atoms with Crippen molar-refractivity contribution >= 4 is 11.6 Å². The standard InChI is InChI=1S/C15H21N3/c1-2-11-5-3-6-12-7-4-8-13(14(11)12)18-15-16-9-10-17-15/h4,7-8,11H,2-3,5-6,9-10H2,1H3,(H2,16,17,18). The van der Waals surface area contributed by atoms with Crippen molar-refractivity contribution in [3.05, 3.63) is 29.3 Å². The predicted molar refractivity (Wildman–Crippen MR) is 75.5 cm³/mol. The van der Waals surface area contributed by atoms with Crippen LogP contribution in [0.15, 0.2) is 23.2 Å². The summed E-state index contributed by atoms with van der Waals surface area (Å²) < 4.78 is 0. The monoisotopic (exact) mass is 243 g/mol. The summed E-state index contributed by atoms with van der Waals surface area (Å²) in [6, 6.07) is 6.57. The molecule has 1 atom stereocenters. The first kappa shape index (κ1) is 11.6. The number of hydrogen-bond acceptors (Lipinski definition) is 1. The van der Waals surface area contributed by atoms with Crippen molar-refractivity contribution in [3.63, 3.8) is 0 Å². The van der Waals surface area contributed by atoms with Crippen molar-refractivity contribution in [2.24, 2.45) is 4.99 Å². The first-order valence-electron chi connectivity index (χ1n) is 7.06. The van der Waals surface area contributed by atoms with Crippen LogP contribution in [0.5, 0.6) is 0 Å². The van der Waals surface area contributed by atoms with Crippen molar-refractivity contribution in [3.8, 4) is 0 Å². The molecule has 2 aliphatic rings. The highest BCUT2D eigenvalue weighted by molar-refractivity contribution is 5.84. The molecule has 1 fully saturated rings. The van der Waals surface area contributed by atoms with Gasteiger partial charge in [-0.05, 0) is 48.8 Å². The molecule has 1 aliphatic heterocycles. The van der Waals surface area contributed by atoms with Crippen molar-refractivity contribution in [1.29, 1.82) is 0 Å². The van der Waals surface area contributed by atoms with Gasteiger partial charge in [-0.25, -0.2) is 4.99 Å². The van der Waals surface area contributed by atoms with Gasteiger partial charge in [-0.2, -0.15) is 0 Å². The van der Waals surface area contributed by atoms with E-state index in [4.69, 9.17) is 4.99 Å². The normalized spacial score (nSPS) is 22.1. The molecule has 18 heavy (non-hydrogen) atoms. The first-order valence-corrected chi connectivity index (χ1v) is 7.06. The van der Waals surface area contributed by atoms with Gasteiger partial charge in [0.15, 0.2) is 5.96 Å². The van der Waals surface area contributed by atoms with Gasteiger partial charge in [0.05, 0.1) is 5.69 Å². The van der Waals surface area contributed by atoms with Crippen LogP contribution in [0, 0.1) is 0 Å². The summed E-state index contributed by atoms with van der Waals surface area (Å²) in [5.41, 5.74) is 4.16. The summed E-state index contributed by atoms with van der Waals surface area (Å²) >= 11 is 0. The van der Waals surface area contributed by atoms with Crippen LogP contribution in [0.4, 0.5) is 5.69 Å². The Morgan fingerprint density at radius 2 is 2.11 bits per heavy atom. The Morgan fingerprint density at radius 1 is 1.28 bits per heavy atom. The molecule has 0 bridgehead atoms. The molecule has 1 aromatic rings. The van der Waals surface area contributed by atoms with E-state index in [-0.39, 0.29) is 0 Å². The van der Waals surface area contributed by atoms with Gasteiger partial charge in [-0.3, -0.25) is 0 Å². The van der Waals surface area contributed by atoms with E-state index < -0.39 is 0 Å². The minimum atomic E-state index is 0.690. The molecule has 0 radical (unpaired) electrons. The molecule has 3 rings (SSSR count). The third-order valence-electron chi connectivity index (χ3n) is 4.02. The lowest BCUT2D eigenvalue weighted by Crippen LogP contribution is -2.23. The van der Waals surface area contributed by atoms with Crippen molar-refractivity contribution < 1.29 is 0 Å². The van der Waals surface area contributed by atoms with E-state index >= 15 is 0 Å². The van der Waals surface area contributed by atoms with E-state index in [2.05, 4.69) is 35.8 Å². The summed E-state index contributed by atoms with van der Waals surface area (Å²) in [7, 11) is 0. The van der Waals surface area contributed by atoms with Crippen molar-refractivity contribution in [2.75, 3.05) is 13.1 Å². The maximum atomic E-state index is 4.76. The number of nitrogens with zero attached hydrogens (tertiary/aromatic N) is 1. The van der Waals surface area contributed by atoms with Crippen LogP contribution >= 0.6 is 0 Å². The van der Waals surface area contributed by atoms with Crippen LogP contribution in [0.25, 0.3) is 0 Å². The Morgan fingerprint density at radius 3 is 2.89 bits per heavy atom. The molecule has 2 N–H and O–H groups in total. The van der Waals surface area contributed by atoms with E-state index in [0.717, 1.165) is 24.7 Å². The summed E-state index contributed by atoms with van der Waals surface area (Å²) in [4.78, 5) is 4.76.